The highest BCUT2D eigenvalue weighted by molar-refractivity contribution is 8.00. The van der Waals surface area contributed by atoms with Gasteiger partial charge in [0.05, 0.1) is 27.6 Å². The third kappa shape index (κ3) is 6.44. The van der Waals surface area contributed by atoms with Gasteiger partial charge in [-0.3, -0.25) is 9.59 Å². The van der Waals surface area contributed by atoms with Crippen LogP contribution in [0.5, 0.6) is 0 Å². The molecule has 4 rings (SSSR count). The Morgan fingerprint density at radius 1 is 0.868 bits per heavy atom. The number of carboxylic acids is 2. The number of thiazole rings is 1. The first-order chi connectivity index (χ1) is 18.2. The molecule has 4 aromatic rings. The molecule has 0 saturated heterocycles. The molecular weight excluding hydrogens is 526 g/mol. The number of thioether (sulfide) groups is 1. The second kappa shape index (κ2) is 11.7. The summed E-state index contributed by atoms with van der Waals surface area (Å²) in [5, 5.41) is 25.9. The average molecular weight is 548 g/mol. The summed E-state index contributed by atoms with van der Waals surface area (Å²) in [5.74, 6) is -3.59. The number of benzene rings is 3. The molecule has 2 amide bonds. The van der Waals surface area contributed by atoms with Crippen LogP contribution in [0.15, 0.2) is 83.1 Å². The molecule has 9 nitrogen and oxygen atoms in total. The maximum atomic E-state index is 12.7. The van der Waals surface area contributed by atoms with Crippen molar-refractivity contribution < 1.29 is 29.4 Å². The molecule has 0 aliphatic heterocycles. The van der Waals surface area contributed by atoms with Gasteiger partial charge in [0.2, 0.25) is 5.91 Å². The number of hydrogen-bond acceptors (Lipinski definition) is 7. The van der Waals surface area contributed by atoms with Crippen molar-refractivity contribution in [3.05, 3.63) is 94.9 Å². The molecule has 0 fully saturated rings. The van der Waals surface area contributed by atoms with Crippen molar-refractivity contribution in [1.82, 2.24) is 4.98 Å². The minimum absolute atomic E-state index is 0.163. The van der Waals surface area contributed by atoms with Crippen molar-refractivity contribution in [2.45, 2.75) is 17.1 Å². The topological polar surface area (TPSA) is 146 Å². The lowest BCUT2D eigenvalue weighted by atomic mass is 10.0. The van der Waals surface area contributed by atoms with Gasteiger partial charge in [-0.2, -0.15) is 0 Å². The summed E-state index contributed by atoms with van der Waals surface area (Å²) < 4.78 is 0. The van der Waals surface area contributed by atoms with Crippen LogP contribution in [-0.2, 0) is 4.79 Å². The SMILES string of the molecule is CC(Sc1ccc(NC(=O)c2ccc(C(=O)O)cc2C(=O)O)cc1)C(=O)Nc1nc(-c2ccccc2)cs1. The van der Waals surface area contributed by atoms with Crippen LogP contribution < -0.4 is 10.6 Å². The standard InChI is InChI=1S/C27H21N3O6S2/c1-15(23(31)30-27-29-22(14-37-27)16-5-3-2-4-6-16)38-19-10-8-18(9-11-19)28-24(32)20-12-7-17(25(33)34)13-21(20)26(35)36/h2-15H,1H3,(H,28,32)(H,33,34)(H,35,36)(H,29,30,31). The highest BCUT2D eigenvalue weighted by Gasteiger charge is 2.20. The van der Waals surface area contributed by atoms with Gasteiger partial charge in [0.15, 0.2) is 5.13 Å². The van der Waals surface area contributed by atoms with Crippen molar-refractivity contribution >= 4 is 57.7 Å². The first-order valence-corrected chi connectivity index (χ1v) is 13.0. The number of aromatic nitrogens is 1. The van der Waals surface area contributed by atoms with Crippen LogP contribution in [0.25, 0.3) is 11.3 Å². The number of rotatable bonds is 9. The number of anilines is 2. The van der Waals surface area contributed by atoms with Crippen LogP contribution in [0, 0.1) is 0 Å². The molecule has 1 unspecified atom stereocenters. The van der Waals surface area contributed by atoms with Crippen molar-refractivity contribution in [2.75, 3.05) is 10.6 Å². The van der Waals surface area contributed by atoms with E-state index in [1.54, 1.807) is 31.2 Å². The van der Waals surface area contributed by atoms with E-state index in [2.05, 4.69) is 15.6 Å². The van der Waals surface area contributed by atoms with E-state index in [4.69, 9.17) is 5.11 Å². The molecular formula is C27H21N3O6S2. The molecule has 192 valence electrons. The Morgan fingerprint density at radius 2 is 1.58 bits per heavy atom. The van der Waals surface area contributed by atoms with Gasteiger partial charge in [0.1, 0.15) is 0 Å². The Hall–Kier alpha value is -4.48. The normalized spacial score (nSPS) is 11.4. The predicted molar refractivity (Wildman–Crippen MR) is 146 cm³/mol. The van der Waals surface area contributed by atoms with Gasteiger partial charge in [-0.1, -0.05) is 30.3 Å². The Bertz CT molecular complexity index is 1500. The summed E-state index contributed by atoms with van der Waals surface area (Å²) in [4.78, 5) is 53.2. The first-order valence-electron chi connectivity index (χ1n) is 11.2. The fourth-order valence-electron chi connectivity index (χ4n) is 3.40. The second-order valence-electron chi connectivity index (χ2n) is 8.00. The smallest absolute Gasteiger partial charge is 0.336 e. The minimum atomic E-state index is -1.41. The highest BCUT2D eigenvalue weighted by Crippen LogP contribution is 2.28. The van der Waals surface area contributed by atoms with Crippen molar-refractivity contribution in [2.24, 2.45) is 0 Å². The van der Waals surface area contributed by atoms with E-state index in [-0.39, 0.29) is 17.0 Å². The fourth-order valence-corrected chi connectivity index (χ4v) is 4.99. The summed E-state index contributed by atoms with van der Waals surface area (Å²) in [6.07, 6.45) is 0. The molecule has 0 saturated carbocycles. The second-order valence-corrected chi connectivity index (χ2v) is 10.3. The lowest BCUT2D eigenvalue weighted by Crippen LogP contribution is -2.22. The van der Waals surface area contributed by atoms with Gasteiger partial charge >= 0.3 is 11.9 Å². The monoisotopic (exact) mass is 547 g/mol. The number of nitrogens with one attached hydrogen (secondary N) is 2. The third-order valence-electron chi connectivity index (χ3n) is 5.34. The quantitative estimate of drug-likeness (QED) is 0.199. The van der Waals surface area contributed by atoms with E-state index in [0.717, 1.165) is 28.3 Å². The van der Waals surface area contributed by atoms with E-state index in [1.165, 1.54) is 29.2 Å². The first kappa shape index (κ1) is 26.6. The van der Waals surface area contributed by atoms with Crippen LogP contribution in [0.3, 0.4) is 0 Å². The summed E-state index contributed by atoms with van der Waals surface area (Å²) in [6, 6.07) is 19.7. The number of hydrogen-bond donors (Lipinski definition) is 4. The highest BCUT2D eigenvalue weighted by atomic mass is 32.2. The van der Waals surface area contributed by atoms with Crippen LogP contribution in [0.2, 0.25) is 0 Å². The van der Waals surface area contributed by atoms with Gasteiger partial charge in [0, 0.05) is 21.5 Å². The molecule has 0 radical (unpaired) electrons. The number of amides is 2. The number of carbonyl (C=O) groups excluding carboxylic acids is 2. The molecule has 0 bridgehead atoms. The van der Waals surface area contributed by atoms with E-state index in [1.807, 2.05) is 35.7 Å². The predicted octanol–water partition coefficient (Wildman–Crippen LogP) is 5.58. The maximum absolute atomic E-state index is 12.7. The van der Waals surface area contributed by atoms with Crippen LogP contribution in [-0.4, -0.2) is 44.2 Å². The molecule has 11 heteroatoms. The van der Waals surface area contributed by atoms with Crippen molar-refractivity contribution in [3.63, 3.8) is 0 Å². The molecule has 1 atom stereocenters. The molecule has 38 heavy (non-hydrogen) atoms. The number of aromatic carboxylic acids is 2. The molecule has 0 aliphatic carbocycles. The Labute approximate surface area is 225 Å². The zero-order chi connectivity index (χ0) is 27.2. The molecule has 4 N–H and O–H groups in total. The zero-order valence-electron chi connectivity index (χ0n) is 19.9. The Morgan fingerprint density at radius 3 is 2.24 bits per heavy atom. The molecule has 0 spiro atoms. The summed E-state index contributed by atoms with van der Waals surface area (Å²) >= 11 is 2.68. The molecule has 0 aliphatic rings. The fraction of sp³-hybridized carbons (Fsp3) is 0.0741. The van der Waals surface area contributed by atoms with Crippen LogP contribution >= 0.6 is 23.1 Å². The minimum Gasteiger partial charge on any atom is -0.478 e. The van der Waals surface area contributed by atoms with Gasteiger partial charge in [-0.05, 0) is 49.4 Å². The van der Waals surface area contributed by atoms with Gasteiger partial charge < -0.3 is 20.8 Å². The lowest BCUT2D eigenvalue weighted by Gasteiger charge is -2.12. The largest absolute Gasteiger partial charge is 0.478 e. The summed E-state index contributed by atoms with van der Waals surface area (Å²) in [6.45, 7) is 1.77. The van der Waals surface area contributed by atoms with Crippen molar-refractivity contribution in [3.8, 4) is 11.3 Å². The number of carboxylic acid groups (broad SMARTS) is 2. The summed E-state index contributed by atoms with van der Waals surface area (Å²) in [5.41, 5.74) is 1.36. The van der Waals surface area contributed by atoms with Crippen LogP contribution in [0.4, 0.5) is 10.8 Å². The van der Waals surface area contributed by atoms with E-state index in [9.17, 15) is 24.3 Å². The summed E-state index contributed by atoms with van der Waals surface area (Å²) in [7, 11) is 0. The van der Waals surface area contributed by atoms with E-state index >= 15 is 0 Å². The number of nitrogens with zero attached hydrogens (tertiary/aromatic N) is 1. The third-order valence-corrected chi connectivity index (χ3v) is 7.21. The number of carbonyl (C=O) groups is 4. The Kier molecular flexibility index (Phi) is 8.19. The van der Waals surface area contributed by atoms with E-state index in [0.29, 0.717) is 10.8 Å². The van der Waals surface area contributed by atoms with Crippen LogP contribution in [0.1, 0.15) is 38.0 Å². The van der Waals surface area contributed by atoms with Gasteiger partial charge in [-0.25, -0.2) is 14.6 Å². The van der Waals surface area contributed by atoms with Gasteiger partial charge in [0.25, 0.3) is 5.91 Å². The molecule has 3 aromatic carbocycles. The Balaban J connectivity index is 1.36. The lowest BCUT2D eigenvalue weighted by molar-refractivity contribution is -0.115. The maximum Gasteiger partial charge on any atom is 0.336 e. The van der Waals surface area contributed by atoms with E-state index < -0.39 is 28.7 Å². The van der Waals surface area contributed by atoms with Gasteiger partial charge in [-0.15, -0.1) is 23.1 Å². The molecule has 1 heterocycles. The zero-order valence-corrected chi connectivity index (χ0v) is 21.5. The molecule has 1 aromatic heterocycles. The average Bonchev–Trinajstić information content (AvgIpc) is 3.38. The van der Waals surface area contributed by atoms with Crippen molar-refractivity contribution in [1.29, 1.82) is 0 Å².